The third-order valence-corrected chi connectivity index (χ3v) is 10.2. The van der Waals surface area contributed by atoms with E-state index in [1.807, 2.05) is 0 Å². The molecule has 3 aliphatic rings. The highest BCUT2D eigenvalue weighted by atomic mass is 16.8. The van der Waals surface area contributed by atoms with E-state index in [9.17, 15) is 70.2 Å². The van der Waals surface area contributed by atoms with Crippen LogP contribution in [0.3, 0.4) is 0 Å². The SMILES string of the molecule is CC(O)NC1C(O)CC(OC2C(O)C(CO)OC(O[C@H]3CC(C(=O)O)CC(NC(=O)c4cc(O)nc(O)n4)C3O)C2OC(=O)c2ccccc2)(C(=O)O)OC1CCCO. The number of esters is 1. The number of aliphatic hydroxyl groups is 6. The van der Waals surface area contributed by atoms with Gasteiger partial charge in [0, 0.05) is 19.1 Å². The van der Waals surface area contributed by atoms with Crippen molar-refractivity contribution < 1.29 is 93.9 Å². The lowest BCUT2D eigenvalue weighted by molar-refractivity contribution is -0.370. The second-order valence-corrected chi connectivity index (χ2v) is 14.4. The smallest absolute Gasteiger partial charge is 0.364 e. The molecule has 326 valence electrons. The number of amides is 1. The van der Waals surface area contributed by atoms with E-state index in [1.54, 1.807) is 6.07 Å². The fourth-order valence-corrected chi connectivity index (χ4v) is 7.36. The molecular formula is C36H48N4O19. The summed E-state index contributed by atoms with van der Waals surface area (Å²) in [5.74, 6) is -10.3. The highest BCUT2D eigenvalue weighted by Gasteiger charge is 2.59. The molecule has 13 unspecified atom stereocenters. The Morgan fingerprint density at radius 3 is 2.31 bits per heavy atom. The van der Waals surface area contributed by atoms with Crippen molar-refractivity contribution in [3.63, 3.8) is 0 Å². The van der Waals surface area contributed by atoms with Gasteiger partial charge in [0.05, 0.1) is 48.5 Å². The van der Waals surface area contributed by atoms with Crippen LogP contribution in [0.1, 0.15) is 59.9 Å². The van der Waals surface area contributed by atoms with Gasteiger partial charge in [-0.05, 0) is 44.7 Å². The van der Waals surface area contributed by atoms with Gasteiger partial charge in [-0.2, -0.15) is 9.97 Å². The van der Waals surface area contributed by atoms with E-state index in [2.05, 4.69) is 20.6 Å². The average molecular weight is 841 g/mol. The zero-order valence-electron chi connectivity index (χ0n) is 31.5. The molecule has 2 aromatic rings. The van der Waals surface area contributed by atoms with Gasteiger partial charge >= 0.3 is 23.9 Å². The Balaban J connectivity index is 1.51. The summed E-state index contributed by atoms with van der Waals surface area (Å²) in [6.45, 7) is 0.00359. The average Bonchev–Trinajstić information content (AvgIpc) is 3.18. The maximum Gasteiger partial charge on any atom is 0.364 e. The molecule has 1 amide bonds. The molecule has 1 aromatic carbocycles. The quantitative estimate of drug-likeness (QED) is 0.0589. The van der Waals surface area contributed by atoms with Crippen LogP contribution in [0.5, 0.6) is 11.9 Å². The Kier molecular flexibility index (Phi) is 15.1. The number of carboxylic acids is 2. The topological polar surface area (TPSA) is 367 Å². The summed E-state index contributed by atoms with van der Waals surface area (Å²) in [6, 6.07) is 4.65. The van der Waals surface area contributed by atoms with Crippen LogP contribution in [0.25, 0.3) is 0 Å². The number of ether oxygens (including phenoxy) is 5. The second-order valence-electron chi connectivity index (χ2n) is 14.4. The monoisotopic (exact) mass is 840 g/mol. The third-order valence-electron chi connectivity index (χ3n) is 10.2. The molecule has 2 aliphatic heterocycles. The van der Waals surface area contributed by atoms with Gasteiger partial charge in [0.15, 0.2) is 12.4 Å². The molecule has 0 bridgehead atoms. The first-order valence-corrected chi connectivity index (χ1v) is 18.6. The lowest BCUT2D eigenvalue weighted by Crippen LogP contribution is -2.69. The molecule has 59 heavy (non-hydrogen) atoms. The number of carbonyl (C=O) groups excluding carboxylic acids is 2. The number of aromatic hydroxyl groups is 2. The van der Waals surface area contributed by atoms with Gasteiger partial charge in [-0.25, -0.2) is 9.59 Å². The Hall–Kier alpha value is -4.66. The summed E-state index contributed by atoms with van der Waals surface area (Å²) >= 11 is 0. The van der Waals surface area contributed by atoms with Gasteiger partial charge in [-0.3, -0.25) is 14.9 Å². The van der Waals surface area contributed by atoms with Crippen molar-refractivity contribution in [2.24, 2.45) is 5.92 Å². The number of hydrogen-bond acceptors (Lipinski definition) is 20. The number of carbonyl (C=O) groups is 4. The van der Waals surface area contributed by atoms with E-state index >= 15 is 0 Å². The summed E-state index contributed by atoms with van der Waals surface area (Å²) in [6.07, 6.45) is -18.8. The predicted octanol–water partition coefficient (Wildman–Crippen LogP) is -3.08. The summed E-state index contributed by atoms with van der Waals surface area (Å²) in [5.41, 5.74) is -0.597. The minimum Gasteiger partial charge on any atom is -0.493 e. The van der Waals surface area contributed by atoms with Crippen molar-refractivity contribution in [3.8, 4) is 11.9 Å². The van der Waals surface area contributed by atoms with E-state index in [1.165, 1.54) is 31.2 Å². The van der Waals surface area contributed by atoms with Gasteiger partial charge in [0.25, 0.3) is 11.7 Å². The maximum absolute atomic E-state index is 13.6. The molecule has 5 rings (SSSR count). The fourth-order valence-electron chi connectivity index (χ4n) is 7.36. The standard InChI is InChI=1S/C36H48N4O19/c1-15(43)37-25-20(44)13-36(34(52)53,58-21(25)8-5-9-41)59-28-27(47)23(14-42)56-33(29(28)57-32(51)16-6-3-2-4-7-16)55-22-11-17(31(49)50)10-18(26(22)46)38-30(48)19-12-24(45)40-35(54)39-19/h2-4,6-7,12,15,17-18,20-23,25-29,33,37,41-44,46-47H,5,8-11,13-14H2,1H3,(H,38,48)(H,49,50)(H,52,53)(H2,39,40,45,54)/t15?,17?,18?,20?,21?,22-,23?,25?,26?,27?,28?,29?,33?,36?/m0/s1. The van der Waals surface area contributed by atoms with E-state index in [4.69, 9.17) is 23.7 Å². The van der Waals surface area contributed by atoms with Gasteiger partial charge in [-0.1, -0.05) is 18.2 Å². The molecule has 1 aromatic heterocycles. The van der Waals surface area contributed by atoms with Crippen LogP contribution in [0.15, 0.2) is 36.4 Å². The molecule has 1 saturated carbocycles. The minimum atomic E-state index is -2.83. The summed E-state index contributed by atoms with van der Waals surface area (Å²) in [7, 11) is 0. The molecule has 2 saturated heterocycles. The molecule has 3 fully saturated rings. The molecule has 23 nitrogen and oxygen atoms in total. The summed E-state index contributed by atoms with van der Waals surface area (Å²) in [5, 5.41) is 109. The summed E-state index contributed by atoms with van der Waals surface area (Å²) < 4.78 is 29.7. The molecule has 23 heteroatoms. The number of hydrogen-bond donors (Lipinski definition) is 12. The van der Waals surface area contributed by atoms with Crippen LogP contribution in [0.4, 0.5) is 0 Å². The Morgan fingerprint density at radius 1 is 0.983 bits per heavy atom. The van der Waals surface area contributed by atoms with E-state index in [0.717, 1.165) is 6.07 Å². The molecule has 0 spiro atoms. The number of carboxylic acid groups (broad SMARTS) is 2. The molecule has 1 aliphatic carbocycles. The van der Waals surface area contributed by atoms with Crippen LogP contribution in [0.2, 0.25) is 0 Å². The number of rotatable bonds is 16. The second kappa shape index (κ2) is 19.6. The van der Waals surface area contributed by atoms with Gasteiger partial charge < -0.3 is 80.1 Å². The molecule has 0 radical (unpaired) electrons. The van der Waals surface area contributed by atoms with E-state index in [0.29, 0.717) is 0 Å². The molecular weight excluding hydrogens is 792 g/mol. The van der Waals surface area contributed by atoms with Crippen molar-refractivity contribution >= 4 is 23.8 Å². The van der Waals surface area contributed by atoms with Crippen LogP contribution in [0, 0.1) is 5.92 Å². The van der Waals surface area contributed by atoms with Crippen molar-refractivity contribution in [3.05, 3.63) is 47.7 Å². The Labute approximate surface area is 335 Å². The lowest BCUT2D eigenvalue weighted by atomic mass is 9.81. The van der Waals surface area contributed by atoms with Crippen LogP contribution >= 0.6 is 0 Å². The zero-order valence-corrected chi connectivity index (χ0v) is 31.5. The largest absolute Gasteiger partial charge is 0.493 e. The van der Waals surface area contributed by atoms with Crippen molar-refractivity contribution in [1.29, 1.82) is 0 Å². The highest BCUT2D eigenvalue weighted by Crippen LogP contribution is 2.39. The van der Waals surface area contributed by atoms with Crippen molar-refractivity contribution in [2.45, 2.75) is 118 Å². The first-order valence-electron chi connectivity index (χ1n) is 18.6. The van der Waals surface area contributed by atoms with Gasteiger partial charge in [-0.15, -0.1) is 0 Å². The normalized spacial score (nSPS) is 34.0. The minimum absolute atomic E-state index is 0.0506. The molecule has 12 N–H and O–H groups in total. The fraction of sp³-hybridized carbons (Fsp3) is 0.611. The predicted molar refractivity (Wildman–Crippen MR) is 191 cm³/mol. The Morgan fingerprint density at radius 2 is 1.69 bits per heavy atom. The number of aliphatic carboxylic acids is 2. The molecule has 3 heterocycles. The first-order chi connectivity index (χ1) is 28.0. The maximum atomic E-state index is 13.6. The van der Waals surface area contributed by atoms with E-state index < -0.39 is 146 Å². The number of aromatic nitrogens is 2. The number of aliphatic hydroxyl groups excluding tert-OH is 6. The lowest BCUT2D eigenvalue weighted by Gasteiger charge is -2.50. The van der Waals surface area contributed by atoms with Crippen LogP contribution in [-0.4, -0.2) is 177 Å². The first kappa shape index (κ1) is 45.4. The number of nitrogens with zero attached hydrogens (tertiary/aromatic N) is 2. The van der Waals surface area contributed by atoms with E-state index in [-0.39, 0.29) is 31.4 Å². The number of benzene rings is 1. The third kappa shape index (κ3) is 10.8. The van der Waals surface area contributed by atoms with Crippen LogP contribution in [-0.2, 0) is 33.3 Å². The number of nitrogens with one attached hydrogen (secondary N) is 2. The van der Waals surface area contributed by atoms with Crippen molar-refractivity contribution in [2.75, 3.05) is 13.2 Å². The van der Waals surface area contributed by atoms with Gasteiger partial charge in [0.2, 0.25) is 5.88 Å². The Bertz CT molecular complexity index is 1750. The zero-order chi connectivity index (χ0) is 43.2. The van der Waals surface area contributed by atoms with Crippen LogP contribution < -0.4 is 10.6 Å². The summed E-state index contributed by atoms with van der Waals surface area (Å²) in [4.78, 5) is 58.9. The highest BCUT2D eigenvalue weighted by molar-refractivity contribution is 5.93. The van der Waals surface area contributed by atoms with Gasteiger partial charge in [0.1, 0.15) is 36.3 Å². The molecule has 14 atom stereocenters. The van der Waals surface area contributed by atoms with Crippen molar-refractivity contribution in [1.82, 2.24) is 20.6 Å².